The summed E-state index contributed by atoms with van der Waals surface area (Å²) in [6, 6.07) is 8.83. The summed E-state index contributed by atoms with van der Waals surface area (Å²) in [5, 5.41) is 5.64. The molecular formula is C25H32ClN3O4S. The van der Waals surface area contributed by atoms with Crippen molar-refractivity contribution in [1.29, 1.82) is 0 Å². The molecule has 4 rings (SSSR count). The Morgan fingerprint density at radius 1 is 1.29 bits per heavy atom. The molecule has 3 heterocycles. The molecule has 7 nitrogen and oxygen atoms in total. The highest BCUT2D eigenvalue weighted by atomic mass is 35.5. The predicted octanol–water partition coefficient (Wildman–Crippen LogP) is 4.51. The van der Waals surface area contributed by atoms with Crippen molar-refractivity contribution in [2.24, 2.45) is 0 Å². The average Bonchev–Trinajstić information content (AvgIpc) is 3.49. The summed E-state index contributed by atoms with van der Waals surface area (Å²) in [7, 11) is 0. The van der Waals surface area contributed by atoms with Crippen LogP contribution in [0.25, 0.3) is 0 Å². The van der Waals surface area contributed by atoms with E-state index in [0.717, 1.165) is 24.8 Å². The van der Waals surface area contributed by atoms with Crippen LogP contribution < -0.4 is 10.1 Å². The summed E-state index contributed by atoms with van der Waals surface area (Å²) in [5.74, 6) is 0.619. The lowest BCUT2D eigenvalue weighted by Gasteiger charge is -2.37. The number of nitrogens with one attached hydrogen (secondary N) is 1. The number of ether oxygens (including phenoxy) is 2. The topological polar surface area (TPSA) is 71.1 Å². The summed E-state index contributed by atoms with van der Waals surface area (Å²) in [6.07, 6.45) is 2.66. The molecule has 1 aromatic carbocycles. The molecule has 0 radical (unpaired) electrons. The van der Waals surface area contributed by atoms with E-state index < -0.39 is 0 Å². The lowest BCUT2D eigenvalue weighted by atomic mass is 10.0. The third kappa shape index (κ3) is 6.23. The van der Waals surface area contributed by atoms with E-state index in [1.807, 2.05) is 30.9 Å². The fourth-order valence-electron chi connectivity index (χ4n) is 4.43. The van der Waals surface area contributed by atoms with Gasteiger partial charge in [0.1, 0.15) is 18.9 Å². The van der Waals surface area contributed by atoms with Crippen LogP contribution in [0.3, 0.4) is 0 Å². The first kappa shape index (κ1) is 24.8. The first-order chi connectivity index (χ1) is 16.4. The van der Waals surface area contributed by atoms with Gasteiger partial charge in [0.2, 0.25) is 5.91 Å². The monoisotopic (exact) mass is 505 g/mol. The maximum Gasteiger partial charge on any atom is 0.318 e. The highest BCUT2D eigenvalue weighted by Crippen LogP contribution is 2.34. The van der Waals surface area contributed by atoms with Gasteiger partial charge in [-0.1, -0.05) is 11.6 Å². The van der Waals surface area contributed by atoms with Gasteiger partial charge in [-0.05, 0) is 74.4 Å². The second-order valence-corrected chi connectivity index (χ2v) is 10.5. The molecule has 0 bridgehead atoms. The minimum atomic E-state index is -0.235. The summed E-state index contributed by atoms with van der Waals surface area (Å²) in [6.45, 7) is 5.88. The molecule has 1 N–H and O–H groups in total. The number of halogens is 1. The van der Waals surface area contributed by atoms with Crippen LogP contribution in [0.15, 0.2) is 35.7 Å². The molecule has 0 aliphatic carbocycles. The molecule has 9 heteroatoms. The van der Waals surface area contributed by atoms with E-state index in [1.54, 1.807) is 28.4 Å². The van der Waals surface area contributed by atoms with Gasteiger partial charge in [-0.25, -0.2) is 4.79 Å². The van der Waals surface area contributed by atoms with E-state index in [1.165, 1.54) is 4.88 Å². The molecule has 1 saturated heterocycles. The third-order valence-electron chi connectivity index (χ3n) is 6.11. The predicted molar refractivity (Wildman–Crippen MR) is 134 cm³/mol. The van der Waals surface area contributed by atoms with Crippen molar-refractivity contribution >= 4 is 34.9 Å². The van der Waals surface area contributed by atoms with Gasteiger partial charge in [-0.2, -0.15) is 0 Å². The molecule has 3 amide bonds. The van der Waals surface area contributed by atoms with E-state index in [-0.39, 0.29) is 36.7 Å². The number of carbonyl (C=O) groups excluding carboxylic acids is 2. The molecule has 2 atom stereocenters. The van der Waals surface area contributed by atoms with Crippen LogP contribution in [0, 0.1) is 0 Å². The second kappa shape index (κ2) is 11.4. The molecule has 2 aromatic rings. The summed E-state index contributed by atoms with van der Waals surface area (Å²) in [4.78, 5) is 31.2. The Bertz CT molecular complexity index is 975. The average molecular weight is 506 g/mol. The zero-order chi connectivity index (χ0) is 24.1. The van der Waals surface area contributed by atoms with Gasteiger partial charge in [0.05, 0.1) is 12.1 Å². The van der Waals surface area contributed by atoms with E-state index >= 15 is 0 Å². The second-order valence-electron chi connectivity index (χ2n) is 9.04. The van der Waals surface area contributed by atoms with E-state index in [4.69, 9.17) is 21.1 Å². The number of thiophene rings is 1. The Labute approximate surface area is 210 Å². The van der Waals surface area contributed by atoms with Crippen LogP contribution in [0.1, 0.15) is 43.2 Å². The maximum absolute atomic E-state index is 13.6. The Morgan fingerprint density at radius 3 is 2.79 bits per heavy atom. The van der Waals surface area contributed by atoms with Crippen molar-refractivity contribution in [2.45, 2.75) is 51.3 Å². The number of nitrogens with zero attached hydrogens (tertiary/aromatic N) is 2. The Kier molecular flexibility index (Phi) is 8.34. The Morgan fingerprint density at radius 2 is 2.09 bits per heavy atom. The molecule has 0 spiro atoms. The van der Waals surface area contributed by atoms with E-state index in [0.29, 0.717) is 37.1 Å². The number of amides is 3. The number of rotatable bonds is 8. The lowest BCUT2D eigenvalue weighted by molar-refractivity contribution is -0.135. The number of carbonyl (C=O) groups is 2. The van der Waals surface area contributed by atoms with E-state index in [9.17, 15) is 9.59 Å². The fraction of sp³-hybridized carbons (Fsp3) is 0.520. The van der Waals surface area contributed by atoms with Crippen molar-refractivity contribution in [3.63, 3.8) is 0 Å². The summed E-state index contributed by atoms with van der Waals surface area (Å²) >= 11 is 7.70. The van der Waals surface area contributed by atoms with Crippen molar-refractivity contribution in [3.8, 4) is 5.75 Å². The zero-order valence-corrected chi connectivity index (χ0v) is 21.2. The molecule has 2 aliphatic rings. The zero-order valence-electron chi connectivity index (χ0n) is 19.7. The molecule has 0 unspecified atom stereocenters. The first-order valence-electron chi connectivity index (χ1n) is 11.8. The number of fused-ring (bicyclic) bond motifs is 1. The van der Waals surface area contributed by atoms with Crippen LogP contribution in [0.2, 0.25) is 5.02 Å². The van der Waals surface area contributed by atoms with Gasteiger partial charge in [-0.3, -0.25) is 4.79 Å². The molecular weight excluding hydrogens is 474 g/mol. The molecule has 0 saturated carbocycles. The number of hydrogen-bond donors (Lipinski definition) is 1. The highest BCUT2D eigenvalue weighted by molar-refractivity contribution is 7.10. The Balaban J connectivity index is 1.48. The number of benzene rings is 1. The smallest absolute Gasteiger partial charge is 0.318 e. The van der Waals surface area contributed by atoms with Crippen molar-refractivity contribution in [1.82, 2.24) is 15.1 Å². The first-order valence-corrected chi connectivity index (χ1v) is 13.1. The van der Waals surface area contributed by atoms with Crippen LogP contribution in [-0.4, -0.2) is 66.7 Å². The summed E-state index contributed by atoms with van der Waals surface area (Å²) in [5.41, 5.74) is 1.12. The van der Waals surface area contributed by atoms with Gasteiger partial charge in [0.15, 0.2) is 0 Å². The molecule has 1 fully saturated rings. The van der Waals surface area contributed by atoms with Crippen molar-refractivity contribution in [3.05, 3.63) is 51.2 Å². The quantitative estimate of drug-likeness (QED) is 0.573. The van der Waals surface area contributed by atoms with Crippen LogP contribution >= 0.6 is 22.9 Å². The van der Waals surface area contributed by atoms with E-state index in [2.05, 4.69) is 16.8 Å². The van der Waals surface area contributed by atoms with Gasteiger partial charge in [-0.15, -0.1) is 11.3 Å². The molecule has 1 aromatic heterocycles. The van der Waals surface area contributed by atoms with Gasteiger partial charge in [0, 0.05) is 35.6 Å². The molecule has 184 valence electrons. The van der Waals surface area contributed by atoms with Gasteiger partial charge < -0.3 is 24.6 Å². The Hall–Kier alpha value is -2.29. The minimum Gasteiger partial charge on any atom is -0.491 e. The van der Waals surface area contributed by atoms with Crippen LogP contribution in [0.5, 0.6) is 5.75 Å². The minimum absolute atomic E-state index is 0.00925. The normalized spacial score (nSPS) is 19.7. The van der Waals surface area contributed by atoms with Crippen LogP contribution in [0.4, 0.5) is 4.79 Å². The third-order valence-corrected chi connectivity index (χ3v) is 7.36. The fourth-order valence-corrected chi connectivity index (χ4v) is 5.48. The van der Waals surface area contributed by atoms with Gasteiger partial charge >= 0.3 is 6.03 Å². The summed E-state index contributed by atoms with van der Waals surface area (Å²) < 4.78 is 11.8. The molecule has 2 aliphatic heterocycles. The lowest BCUT2D eigenvalue weighted by Crippen LogP contribution is -2.52. The van der Waals surface area contributed by atoms with Gasteiger partial charge in [0.25, 0.3) is 0 Å². The largest absolute Gasteiger partial charge is 0.491 e. The SMILES string of the molecule is CC(C)NC(=O)N(CC(=O)N1CCc2sccc2[C@H]1COc1ccc(Cl)cc1)C[C@H]1CCCO1. The maximum atomic E-state index is 13.6. The van der Waals surface area contributed by atoms with Crippen molar-refractivity contribution in [2.75, 3.05) is 32.8 Å². The standard InChI is InChI=1S/C25H32ClN3O4S/c1-17(2)27-25(31)28(14-20-4-3-12-32-20)15-24(30)29-11-9-23-21(10-13-34-23)22(29)16-33-19-7-5-18(26)6-8-19/h5-8,10,13,17,20,22H,3-4,9,11-12,14-16H2,1-2H3,(H,27,31)/t20-,22-/m1/s1. The highest BCUT2D eigenvalue weighted by Gasteiger charge is 2.34. The number of hydrogen-bond acceptors (Lipinski definition) is 5. The number of urea groups is 1. The van der Waals surface area contributed by atoms with Crippen LogP contribution in [-0.2, 0) is 16.0 Å². The van der Waals surface area contributed by atoms with Crippen molar-refractivity contribution < 1.29 is 19.1 Å². The molecule has 34 heavy (non-hydrogen) atoms.